The number of hydrogen-bond acceptors (Lipinski definition) is 12. The number of esters is 2. The van der Waals surface area contributed by atoms with Gasteiger partial charge in [0, 0.05) is 19.3 Å². The predicted molar refractivity (Wildman–Crippen MR) is 247 cm³/mol. The van der Waals surface area contributed by atoms with Crippen LogP contribution in [0.1, 0.15) is 194 Å². The van der Waals surface area contributed by atoms with Gasteiger partial charge < -0.3 is 9.47 Å². The number of carbonyl (C=O) groups is 2. The fourth-order valence-corrected chi connectivity index (χ4v) is 11.0. The normalized spacial score (nSPS) is 12.7. The number of thioether (sulfide) groups is 4. The van der Waals surface area contributed by atoms with Crippen LogP contribution >= 0.6 is 71.5 Å². The van der Waals surface area contributed by atoms with Crippen molar-refractivity contribution in [1.82, 2.24) is 0 Å². The van der Waals surface area contributed by atoms with Crippen molar-refractivity contribution in [2.24, 2.45) is 0 Å². The fourth-order valence-electron chi connectivity index (χ4n) is 5.64. The molecule has 0 aromatic rings. The molecule has 0 heterocycles. The Balaban J connectivity index is 3.91. The average Bonchev–Trinajstić information content (AvgIpc) is 3.16. The lowest BCUT2D eigenvalue weighted by Crippen LogP contribution is -2.21. The first-order valence-electron chi connectivity index (χ1n) is 21.0. The first-order chi connectivity index (χ1) is 26.2. The van der Waals surface area contributed by atoms with Gasteiger partial charge in [-0.3, -0.25) is 9.59 Å². The Morgan fingerprint density at radius 1 is 0.611 bits per heavy atom. The molecule has 0 spiro atoms. The van der Waals surface area contributed by atoms with Crippen LogP contribution in [0, 0.1) is 22.7 Å². The Morgan fingerprint density at radius 3 is 1.52 bits per heavy atom. The Labute approximate surface area is 358 Å². The summed E-state index contributed by atoms with van der Waals surface area (Å²) in [6.45, 7) is 6.46. The average molecular weight is 861 g/mol. The van der Waals surface area contributed by atoms with Crippen molar-refractivity contribution < 1.29 is 19.1 Å². The second-order valence-electron chi connectivity index (χ2n) is 14.3. The van der Waals surface area contributed by atoms with Crippen LogP contribution in [-0.4, -0.2) is 53.7 Å². The number of nitrogens with zero attached hydrogens (tertiary/aromatic N) is 2. The van der Waals surface area contributed by atoms with Crippen LogP contribution < -0.4 is 0 Å². The molecule has 0 fully saturated rings. The van der Waals surface area contributed by atoms with Gasteiger partial charge >= 0.3 is 11.9 Å². The monoisotopic (exact) mass is 860 g/mol. The second kappa shape index (κ2) is 39.3. The molecule has 2 atom stereocenters. The van der Waals surface area contributed by atoms with Gasteiger partial charge in [-0.25, -0.2) is 0 Å². The van der Waals surface area contributed by atoms with Crippen LogP contribution in [0.3, 0.4) is 0 Å². The topological polar surface area (TPSA) is 100 Å². The Morgan fingerprint density at radius 2 is 1.06 bits per heavy atom. The van der Waals surface area contributed by atoms with E-state index >= 15 is 0 Å². The molecule has 0 aliphatic rings. The highest BCUT2D eigenvalue weighted by Gasteiger charge is 2.28. The molecule has 0 N–H and O–H groups in total. The number of ether oxygens (including phenoxy) is 2. The quantitative estimate of drug-likeness (QED) is 0.0341. The molecule has 0 saturated carbocycles. The molecule has 12 heteroatoms. The minimum absolute atomic E-state index is 0.112. The second-order valence-corrected chi connectivity index (χ2v) is 21.5. The third-order valence-electron chi connectivity index (χ3n) is 9.07. The minimum atomic E-state index is -0.863. The first kappa shape index (κ1) is 53.5. The van der Waals surface area contributed by atoms with Gasteiger partial charge in [0.1, 0.15) is 17.9 Å². The van der Waals surface area contributed by atoms with Gasteiger partial charge in [0.05, 0.1) is 12.7 Å². The van der Waals surface area contributed by atoms with Crippen molar-refractivity contribution in [3.05, 3.63) is 0 Å². The maximum atomic E-state index is 12.4. The van der Waals surface area contributed by atoms with Crippen molar-refractivity contribution in [1.29, 1.82) is 10.5 Å². The molecule has 0 bridgehead atoms. The highest BCUT2D eigenvalue weighted by Crippen LogP contribution is 2.35. The van der Waals surface area contributed by atoms with Crippen molar-refractivity contribution in [3.63, 3.8) is 0 Å². The first-order valence-corrected chi connectivity index (χ1v) is 25.6. The van der Waals surface area contributed by atoms with E-state index in [4.69, 9.17) is 33.9 Å². The van der Waals surface area contributed by atoms with E-state index < -0.39 is 10.9 Å². The fraction of sp³-hybridized carbons (Fsp3) is 0.857. The number of unbranched alkanes of at least 4 members (excludes halogenated alkanes) is 19. The molecule has 54 heavy (non-hydrogen) atoms. The van der Waals surface area contributed by atoms with Gasteiger partial charge in [-0.1, -0.05) is 166 Å². The largest absolute Gasteiger partial charge is 0.466 e. The lowest BCUT2D eigenvalue weighted by molar-refractivity contribution is -0.148. The highest BCUT2D eigenvalue weighted by atomic mass is 32.2. The molecular weight excluding hydrogens is 789 g/mol. The summed E-state index contributed by atoms with van der Waals surface area (Å²) in [6.07, 6.45) is 28.5. The summed E-state index contributed by atoms with van der Waals surface area (Å²) in [5, 5.41) is 19.2. The van der Waals surface area contributed by atoms with Gasteiger partial charge in [0.15, 0.2) is 6.10 Å². The molecule has 0 aliphatic carbocycles. The molecular formula is C42H72N2O4S6. The standard InChI is InChI=1S/C42H72N2O4S6/c1-4-6-8-10-12-14-16-18-20-23-32-51-40(49)52-34-25-22-28-39(46)48-37(35-43)27-26-31-47-38(45)29-30-42(3,36-44)54-41(50)53-33-24-21-19-17-15-13-11-9-7-5-2/h37H,4-34H2,1-3H3. The number of rotatable bonds is 36. The summed E-state index contributed by atoms with van der Waals surface area (Å²) in [4.78, 5) is 24.7. The Bertz CT molecular complexity index is 1070. The van der Waals surface area contributed by atoms with Crippen molar-refractivity contribution >= 4 is 90.5 Å². The van der Waals surface area contributed by atoms with Crippen LogP contribution in [0.4, 0.5) is 0 Å². The molecule has 0 radical (unpaired) electrons. The third kappa shape index (κ3) is 35.9. The smallest absolute Gasteiger partial charge is 0.307 e. The van der Waals surface area contributed by atoms with Gasteiger partial charge in [0.2, 0.25) is 0 Å². The van der Waals surface area contributed by atoms with E-state index in [1.54, 1.807) is 35.3 Å². The molecule has 0 aromatic carbocycles. The molecule has 310 valence electrons. The molecule has 0 aromatic heterocycles. The molecule has 0 rings (SSSR count). The SMILES string of the molecule is CCCCCCCCCCCCSC(=S)SCCCCC(=O)OC(C#N)CCCOC(=O)CCC(C)(C#N)SC(=S)SCCCCCCCCCCCC. The number of hydrogen-bond donors (Lipinski definition) is 0. The van der Waals surface area contributed by atoms with E-state index in [1.807, 2.05) is 13.0 Å². The molecule has 0 aliphatic heterocycles. The van der Waals surface area contributed by atoms with Gasteiger partial charge in [0.25, 0.3) is 0 Å². The van der Waals surface area contributed by atoms with E-state index in [0.717, 1.165) is 37.2 Å². The van der Waals surface area contributed by atoms with Crippen LogP contribution in [0.2, 0.25) is 0 Å². The van der Waals surface area contributed by atoms with Crippen molar-refractivity contribution in [2.45, 2.75) is 205 Å². The van der Waals surface area contributed by atoms with Gasteiger partial charge in [-0.05, 0) is 62.7 Å². The van der Waals surface area contributed by atoms with Gasteiger partial charge in [-0.2, -0.15) is 10.5 Å². The van der Waals surface area contributed by atoms with E-state index in [1.165, 1.54) is 134 Å². The van der Waals surface area contributed by atoms with E-state index in [-0.39, 0.29) is 31.4 Å². The summed E-state index contributed by atoms with van der Waals surface area (Å²) in [5.41, 5.74) is 0. The summed E-state index contributed by atoms with van der Waals surface area (Å²) in [7, 11) is 0. The lowest BCUT2D eigenvalue weighted by atomic mass is 10.1. The third-order valence-corrected chi connectivity index (χ3v) is 14.8. The lowest BCUT2D eigenvalue weighted by Gasteiger charge is -2.20. The summed E-state index contributed by atoms with van der Waals surface area (Å²) < 4.78 is 11.6. The van der Waals surface area contributed by atoms with Gasteiger partial charge in [-0.15, -0.1) is 35.3 Å². The molecule has 6 nitrogen and oxygen atoms in total. The minimum Gasteiger partial charge on any atom is -0.466 e. The summed E-state index contributed by atoms with van der Waals surface area (Å²) in [5.74, 6) is 2.15. The zero-order valence-corrected chi connectivity index (χ0v) is 38.9. The molecule has 0 saturated heterocycles. The summed E-state index contributed by atoms with van der Waals surface area (Å²) in [6, 6.07) is 4.36. The number of nitriles is 2. The highest BCUT2D eigenvalue weighted by molar-refractivity contribution is 8.47. The predicted octanol–water partition coefficient (Wildman–Crippen LogP) is 14.3. The van der Waals surface area contributed by atoms with Crippen LogP contribution in [0.15, 0.2) is 0 Å². The zero-order chi connectivity index (χ0) is 40.0. The van der Waals surface area contributed by atoms with Crippen molar-refractivity contribution in [3.8, 4) is 12.1 Å². The number of thiocarbonyl (C=S) groups is 2. The van der Waals surface area contributed by atoms with E-state index in [0.29, 0.717) is 25.7 Å². The zero-order valence-electron chi connectivity index (χ0n) is 34.0. The van der Waals surface area contributed by atoms with Crippen LogP contribution in [-0.2, 0) is 19.1 Å². The van der Waals surface area contributed by atoms with E-state index in [2.05, 4.69) is 19.9 Å². The van der Waals surface area contributed by atoms with Crippen LogP contribution in [0.5, 0.6) is 0 Å². The number of carbonyl (C=O) groups excluding carboxylic acids is 2. The van der Waals surface area contributed by atoms with Crippen molar-refractivity contribution in [2.75, 3.05) is 23.9 Å². The van der Waals surface area contributed by atoms with E-state index in [9.17, 15) is 20.1 Å². The Hall–Kier alpha value is -0.500. The Kier molecular flexibility index (Phi) is 39.0. The summed E-state index contributed by atoms with van der Waals surface area (Å²) >= 11 is 17.5. The maximum absolute atomic E-state index is 12.4. The molecule has 2 unspecified atom stereocenters. The maximum Gasteiger partial charge on any atom is 0.307 e. The molecule has 0 amide bonds. The van der Waals surface area contributed by atoms with Crippen LogP contribution in [0.25, 0.3) is 0 Å².